The summed E-state index contributed by atoms with van der Waals surface area (Å²) in [5.41, 5.74) is 1.22. The van der Waals surface area contributed by atoms with Gasteiger partial charge in [0.25, 0.3) is 0 Å². The van der Waals surface area contributed by atoms with E-state index in [9.17, 15) is 22.8 Å². The number of hydrogen-bond donors (Lipinski definition) is 2. The van der Waals surface area contributed by atoms with Crippen LogP contribution in [0, 0.1) is 17.8 Å². The van der Waals surface area contributed by atoms with Gasteiger partial charge in [-0.2, -0.15) is 13.2 Å². The monoisotopic (exact) mass is 590 g/mol. The third-order valence-electron chi connectivity index (χ3n) is 7.48. The second-order valence-electron chi connectivity index (χ2n) is 10.8. The van der Waals surface area contributed by atoms with E-state index in [2.05, 4.69) is 44.3 Å². The molecule has 0 radical (unpaired) electrons. The summed E-state index contributed by atoms with van der Waals surface area (Å²) in [5, 5.41) is 5.36. The summed E-state index contributed by atoms with van der Waals surface area (Å²) in [5.74, 6) is 6.05. The number of hydrogen-bond acceptors (Lipinski definition) is 6. The molecule has 2 N–H and O–H groups in total. The number of alkyl halides is 3. The Labute approximate surface area is 248 Å². The fraction of sp³-hybridized carbons (Fsp3) is 0.375. The lowest BCUT2D eigenvalue weighted by atomic mass is 10.0. The van der Waals surface area contributed by atoms with Gasteiger partial charge in [-0.15, -0.1) is 0 Å². The molecular formula is C32H33F3N6O2. The maximum absolute atomic E-state index is 13.9. The van der Waals surface area contributed by atoms with Crippen LogP contribution in [0.1, 0.15) is 47.7 Å². The number of rotatable bonds is 8. The van der Waals surface area contributed by atoms with Gasteiger partial charge in [0.1, 0.15) is 5.82 Å². The van der Waals surface area contributed by atoms with E-state index in [1.54, 1.807) is 30.5 Å². The highest BCUT2D eigenvalue weighted by Gasteiger charge is 2.34. The minimum absolute atomic E-state index is 0.0194. The summed E-state index contributed by atoms with van der Waals surface area (Å²) in [6, 6.07) is 10.8. The smallest absolute Gasteiger partial charge is 0.326 e. The Morgan fingerprint density at radius 2 is 1.67 bits per heavy atom. The van der Waals surface area contributed by atoms with Crippen molar-refractivity contribution in [3.05, 3.63) is 82.8 Å². The molecule has 1 aliphatic heterocycles. The molecule has 2 fully saturated rings. The van der Waals surface area contributed by atoms with Gasteiger partial charge in [-0.25, -0.2) is 4.98 Å². The molecule has 0 unspecified atom stereocenters. The number of amides is 2. The molecule has 1 saturated carbocycles. The van der Waals surface area contributed by atoms with Gasteiger partial charge in [0.2, 0.25) is 11.8 Å². The third-order valence-corrected chi connectivity index (χ3v) is 7.48. The highest BCUT2D eigenvalue weighted by atomic mass is 19.4. The minimum atomic E-state index is -4.55. The van der Waals surface area contributed by atoms with Crippen LogP contribution in [0.25, 0.3) is 0 Å². The molecule has 2 aromatic heterocycles. The predicted octanol–water partition coefficient (Wildman–Crippen LogP) is 4.56. The molecule has 0 bridgehead atoms. The predicted molar refractivity (Wildman–Crippen MR) is 157 cm³/mol. The van der Waals surface area contributed by atoms with Crippen molar-refractivity contribution in [2.45, 2.75) is 38.9 Å². The molecule has 11 heteroatoms. The minimum Gasteiger partial charge on any atom is -0.326 e. The summed E-state index contributed by atoms with van der Waals surface area (Å²) in [6.07, 6.45) is 0.243. The van der Waals surface area contributed by atoms with Crippen LogP contribution in [-0.2, 0) is 28.7 Å². The number of pyridine rings is 2. The average Bonchev–Trinajstić information content (AvgIpc) is 3.84. The van der Waals surface area contributed by atoms with Crippen LogP contribution in [-0.4, -0.2) is 64.3 Å². The standard InChI is InChI=1S/C32H33F3N6O2/c1-2-40-13-15-41(16-14-40)21-25-8-9-26(18-28(25)32(33,34)35)38-30(42)19-27-17-22(11-12-36-27)3-4-23-5-10-29(37-20-23)39-31(43)24-6-7-24/h5,8-12,17-18,20,24H,2,6-7,13-16,19,21H2,1H3,(H,38,42)(H,37,39,43). The molecule has 2 amide bonds. The summed E-state index contributed by atoms with van der Waals surface area (Å²) < 4.78 is 41.8. The van der Waals surface area contributed by atoms with Gasteiger partial charge >= 0.3 is 6.18 Å². The van der Waals surface area contributed by atoms with Gasteiger partial charge in [-0.05, 0) is 61.3 Å². The Bertz CT molecular complexity index is 1520. The lowest BCUT2D eigenvalue weighted by Gasteiger charge is -2.34. The molecule has 0 atom stereocenters. The number of anilines is 2. The molecule has 8 nitrogen and oxygen atoms in total. The van der Waals surface area contributed by atoms with E-state index < -0.39 is 17.6 Å². The SMILES string of the molecule is CCN1CCN(Cc2ccc(NC(=O)Cc3cc(C#Cc4ccc(NC(=O)C5CC5)nc4)ccn3)cc2C(F)(F)F)CC1. The number of carbonyl (C=O) groups excluding carboxylic acids is 2. The van der Waals surface area contributed by atoms with Gasteiger partial charge in [-0.1, -0.05) is 24.8 Å². The topological polar surface area (TPSA) is 90.5 Å². The first-order valence-corrected chi connectivity index (χ1v) is 14.3. The molecule has 1 aromatic carbocycles. The first kappa shape index (κ1) is 30.2. The summed E-state index contributed by atoms with van der Waals surface area (Å²) >= 11 is 0. The molecule has 1 aliphatic carbocycles. The summed E-state index contributed by atoms with van der Waals surface area (Å²) in [7, 11) is 0. The van der Waals surface area contributed by atoms with E-state index in [1.165, 1.54) is 18.3 Å². The summed E-state index contributed by atoms with van der Waals surface area (Å²) in [4.78, 5) is 37.3. The van der Waals surface area contributed by atoms with Crippen molar-refractivity contribution in [1.29, 1.82) is 0 Å². The second kappa shape index (κ2) is 13.4. The fourth-order valence-electron chi connectivity index (χ4n) is 4.84. The lowest BCUT2D eigenvalue weighted by Crippen LogP contribution is -2.45. The number of piperazine rings is 1. The molecule has 0 spiro atoms. The third kappa shape index (κ3) is 8.63. The molecule has 2 aliphatic rings. The Balaban J connectivity index is 1.19. The van der Waals surface area contributed by atoms with Crippen molar-refractivity contribution >= 4 is 23.3 Å². The number of nitrogens with zero attached hydrogens (tertiary/aromatic N) is 4. The van der Waals surface area contributed by atoms with Crippen LogP contribution in [0.5, 0.6) is 0 Å². The van der Waals surface area contributed by atoms with E-state index in [1.807, 2.05) is 4.90 Å². The van der Waals surface area contributed by atoms with Crippen LogP contribution in [0.4, 0.5) is 24.7 Å². The molecule has 5 rings (SSSR count). The van der Waals surface area contributed by atoms with Crippen LogP contribution in [0.15, 0.2) is 54.9 Å². The zero-order valence-corrected chi connectivity index (χ0v) is 23.9. The number of halogens is 3. The summed E-state index contributed by atoms with van der Waals surface area (Å²) in [6.45, 7) is 6.29. The van der Waals surface area contributed by atoms with Crippen molar-refractivity contribution in [2.24, 2.45) is 5.92 Å². The van der Waals surface area contributed by atoms with Crippen molar-refractivity contribution in [3.8, 4) is 11.8 Å². The maximum Gasteiger partial charge on any atom is 0.416 e. The zero-order chi connectivity index (χ0) is 30.4. The van der Waals surface area contributed by atoms with E-state index in [-0.39, 0.29) is 36.0 Å². The quantitative estimate of drug-likeness (QED) is 0.374. The molecular weight excluding hydrogens is 557 g/mol. The zero-order valence-electron chi connectivity index (χ0n) is 23.9. The van der Waals surface area contributed by atoms with Crippen LogP contribution >= 0.6 is 0 Å². The van der Waals surface area contributed by atoms with E-state index in [0.717, 1.165) is 38.5 Å². The first-order valence-electron chi connectivity index (χ1n) is 14.3. The van der Waals surface area contributed by atoms with Gasteiger partial charge < -0.3 is 15.5 Å². The molecule has 3 heterocycles. The molecule has 224 valence electrons. The fourth-order valence-corrected chi connectivity index (χ4v) is 4.84. The number of benzene rings is 1. The van der Waals surface area contributed by atoms with Crippen molar-refractivity contribution in [1.82, 2.24) is 19.8 Å². The normalized spacial score (nSPS) is 15.8. The first-order chi connectivity index (χ1) is 20.7. The second-order valence-corrected chi connectivity index (χ2v) is 10.8. The number of carbonyl (C=O) groups is 2. The van der Waals surface area contributed by atoms with Crippen LogP contribution in [0.2, 0.25) is 0 Å². The highest BCUT2D eigenvalue weighted by Crippen LogP contribution is 2.35. The Kier molecular flexibility index (Phi) is 9.38. The van der Waals surface area contributed by atoms with Gasteiger partial charge in [0, 0.05) is 67.8 Å². The highest BCUT2D eigenvalue weighted by molar-refractivity contribution is 5.93. The Morgan fingerprint density at radius 3 is 2.35 bits per heavy atom. The number of aromatic nitrogens is 2. The van der Waals surface area contributed by atoms with Crippen LogP contribution in [0.3, 0.4) is 0 Å². The van der Waals surface area contributed by atoms with Gasteiger partial charge in [0.15, 0.2) is 0 Å². The number of likely N-dealkylation sites (N-methyl/N-ethyl adjacent to an activating group) is 1. The molecule has 43 heavy (non-hydrogen) atoms. The molecule has 1 saturated heterocycles. The van der Waals surface area contributed by atoms with Gasteiger partial charge in [0.05, 0.1) is 17.7 Å². The average molecular weight is 591 g/mol. The Hall–Kier alpha value is -4.27. The van der Waals surface area contributed by atoms with E-state index in [0.29, 0.717) is 35.7 Å². The van der Waals surface area contributed by atoms with E-state index >= 15 is 0 Å². The maximum atomic E-state index is 13.9. The number of nitrogens with one attached hydrogen (secondary N) is 2. The molecule has 3 aromatic rings. The van der Waals surface area contributed by atoms with E-state index in [4.69, 9.17) is 0 Å². The van der Waals surface area contributed by atoms with Crippen molar-refractivity contribution in [2.75, 3.05) is 43.4 Å². The lowest BCUT2D eigenvalue weighted by molar-refractivity contribution is -0.138. The van der Waals surface area contributed by atoms with Gasteiger partial charge in [-0.3, -0.25) is 19.5 Å². The van der Waals surface area contributed by atoms with Crippen molar-refractivity contribution < 1.29 is 22.8 Å². The van der Waals surface area contributed by atoms with Crippen molar-refractivity contribution in [3.63, 3.8) is 0 Å². The van der Waals surface area contributed by atoms with Crippen LogP contribution < -0.4 is 10.6 Å². The largest absolute Gasteiger partial charge is 0.416 e. The Morgan fingerprint density at radius 1 is 0.930 bits per heavy atom.